The summed E-state index contributed by atoms with van der Waals surface area (Å²) in [6.45, 7) is 0. The van der Waals surface area contributed by atoms with Crippen LogP contribution in [0.1, 0.15) is 20.6 Å². The molecule has 14 heavy (non-hydrogen) atoms. The predicted molar refractivity (Wildman–Crippen MR) is 47.1 cm³/mol. The van der Waals surface area contributed by atoms with Gasteiger partial charge in [0.05, 0.1) is 5.92 Å². The number of aliphatic carboxylic acids is 1. The van der Waals surface area contributed by atoms with Crippen LogP contribution in [0.25, 0.3) is 0 Å². The molecule has 0 heterocycles. The van der Waals surface area contributed by atoms with Gasteiger partial charge in [0.2, 0.25) is 5.54 Å². The summed E-state index contributed by atoms with van der Waals surface area (Å²) >= 11 is 0. The van der Waals surface area contributed by atoms with E-state index < -0.39 is 23.8 Å². The van der Waals surface area contributed by atoms with Crippen LogP contribution >= 0.6 is 0 Å². The van der Waals surface area contributed by atoms with E-state index in [2.05, 4.69) is 5.73 Å². The molecule has 1 aliphatic rings. The highest BCUT2D eigenvalue weighted by Crippen LogP contribution is 2.47. The molecule has 0 unspecified atom stereocenters. The molecule has 1 aromatic carbocycles. The number of halogens is 1. The summed E-state index contributed by atoms with van der Waals surface area (Å²) in [6, 6.07) is 8.82. The van der Waals surface area contributed by atoms with Gasteiger partial charge in [-0.15, -0.1) is 0 Å². The maximum absolute atomic E-state index is 11.0. The largest absolute Gasteiger partial charge is 1.00 e. The molecule has 2 atom stereocenters. The van der Waals surface area contributed by atoms with Crippen molar-refractivity contribution in [2.24, 2.45) is 0 Å². The molecule has 3 nitrogen and oxygen atoms in total. The lowest BCUT2D eigenvalue weighted by Crippen LogP contribution is -3.00. The first kappa shape index (κ1) is 8.26. The third-order valence-electron chi connectivity index (χ3n) is 2.33. The van der Waals surface area contributed by atoms with E-state index in [1.807, 2.05) is 6.07 Å². The van der Waals surface area contributed by atoms with Gasteiger partial charge in [0, 0.05) is 9.11 Å². The molecule has 0 aromatic heterocycles. The fourth-order valence-electron chi connectivity index (χ4n) is 1.41. The summed E-state index contributed by atoms with van der Waals surface area (Å²) in [6.07, 6.45) is -1.76. The van der Waals surface area contributed by atoms with Crippen LogP contribution in [-0.2, 0) is 4.79 Å². The first-order valence-electron chi connectivity index (χ1n) is 5.06. The van der Waals surface area contributed by atoms with Gasteiger partial charge in [-0.1, -0.05) is 30.3 Å². The Labute approximate surface area is 91.1 Å². The Morgan fingerprint density at radius 3 is 2.57 bits per heavy atom. The molecule has 76 valence electrons. The zero-order chi connectivity index (χ0) is 11.3. The number of rotatable bonds is 2. The van der Waals surface area contributed by atoms with Gasteiger partial charge in [-0.05, 0) is 5.56 Å². The van der Waals surface area contributed by atoms with E-state index in [1.165, 1.54) is 0 Å². The molecule has 0 bridgehead atoms. The molecular formula is C10H12ClNO2. The lowest BCUT2D eigenvalue weighted by atomic mass is 10.1. The average Bonchev–Trinajstić information content (AvgIpc) is 2.64. The fraction of sp³-hybridized carbons (Fsp3) is 0.300. The standard InChI is InChI=1S/C10H11NO2.ClH/c11-10(9(12)13)6-8(10)7-4-2-1-3-5-7;/h1-5,8H,6,11H2,(H,12,13);1H/t8-,10-;/m1./s1/i6D2;. The molecule has 0 spiro atoms. The van der Waals surface area contributed by atoms with E-state index in [0.29, 0.717) is 5.56 Å². The van der Waals surface area contributed by atoms with Crippen LogP contribution in [-0.4, -0.2) is 16.6 Å². The summed E-state index contributed by atoms with van der Waals surface area (Å²) in [7, 11) is 0. The topological polar surface area (TPSA) is 64.9 Å². The molecule has 4 heteroatoms. The van der Waals surface area contributed by atoms with Crippen molar-refractivity contribution in [2.75, 3.05) is 0 Å². The van der Waals surface area contributed by atoms with Crippen molar-refractivity contribution in [3.8, 4) is 0 Å². The first-order valence-corrected chi connectivity index (χ1v) is 4.06. The molecule has 1 fully saturated rings. The van der Waals surface area contributed by atoms with Gasteiger partial charge in [0.15, 0.2) is 0 Å². The van der Waals surface area contributed by atoms with Crippen molar-refractivity contribution in [1.82, 2.24) is 0 Å². The maximum atomic E-state index is 11.0. The lowest BCUT2D eigenvalue weighted by molar-refractivity contribution is -0.426. The number of carboxylic acid groups (broad SMARTS) is 1. The molecule has 1 aromatic rings. The van der Waals surface area contributed by atoms with Gasteiger partial charge < -0.3 is 23.2 Å². The Hall–Kier alpha value is -1.06. The number of benzene rings is 1. The minimum atomic E-state index is -1.76. The molecule has 1 aliphatic carbocycles. The third-order valence-corrected chi connectivity index (χ3v) is 2.33. The Morgan fingerprint density at radius 2 is 2.14 bits per heavy atom. The predicted octanol–water partition coefficient (Wildman–Crippen LogP) is -2.76. The van der Waals surface area contributed by atoms with Crippen molar-refractivity contribution in [3.63, 3.8) is 0 Å². The van der Waals surface area contributed by atoms with Gasteiger partial charge >= 0.3 is 5.97 Å². The molecule has 0 radical (unpaired) electrons. The van der Waals surface area contributed by atoms with Crippen LogP contribution in [0.3, 0.4) is 0 Å². The van der Waals surface area contributed by atoms with E-state index >= 15 is 0 Å². The molecular weight excluding hydrogens is 202 g/mol. The zero-order valence-electron chi connectivity index (χ0n) is 9.40. The Balaban J connectivity index is 0.00000128. The summed E-state index contributed by atoms with van der Waals surface area (Å²) in [4.78, 5) is 11.0. The zero-order valence-corrected chi connectivity index (χ0v) is 8.16. The monoisotopic (exact) mass is 215 g/mol. The Kier molecular flexibility index (Phi) is 2.12. The van der Waals surface area contributed by atoms with Gasteiger partial charge in [-0.2, -0.15) is 0 Å². The van der Waals surface area contributed by atoms with Crippen molar-refractivity contribution >= 4 is 5.97 Å². The van der Waals surface area contributed by atoms with E-state index in [4.69, 9.17) is 7.85 Å². The molecule has 0 saturated heterocycles. The Morgan fingerprint density at radius 1 is 1.57 bits per heavy atom. The van der Waals surface area contributed by atoms with Gasteiger partial charge in [-0.3, -0.25) is 0 Å². The van der Waals surface area contributed by atoms with Crippen LogP contribution in [0.15, 0.2) is 30.3 Å². The minimum Gasteiger partial charge on any atom is -1.00 e. The van der Waals surface area contributed by atoms with Crippen LogP contribution in [0.2, 0.25) is 0 Å². The fourth-order valence-corrected chi connectivity index (χ4v) is 1.41. The second kappa shape index (κ2) is 3.59. The summed E-state index contributed by atoms with van der Waals surface area (Å²) in [5.74, 6) is -1.83. The van der Waals surface area contributed by atoms with E-state index in [1.54, 1.807) is 24.3 Å². The van der Waals surface area contributed by atoms with E-state index in [-0.39, 0.29) is 12.4 Å². The van der Waals surface area contributed by atoms with Crippen molar-refractivity contribution < 1.29 is 30.8 Å². The first-order chi connectivity index (χ1) is 6.92. The molecule has 4 N–H and O–H groups in total. The molecule has 2 rings (SSSR count). The highest BCUT2D eigenvalue weighted by atomic mass is 35.5. The van der Waals surface area contributed by atoms with Gasteiger partial charge in [0.1, 0.15) is 0 Å². The van der Waals surface area contributed by atoms with Crippen LogP contribution in [0.5, 0.6) is 0 Å². The summed E-state index contributed by atoms with van der Waals surface area (Å²) < 4.78 is 15.3. The average molecular weight is 216 g/mol. The lowest BCUT2D eigenvalue weighted by Gasteiger charge is -2.01. The van der Waals surface area contributed by atoms with Crippen LogP contribution in [0, 0.1) is 0 Å². The van der Waals surface area contributed by atoms with Gasteiger partial charge in [0.25, 0.3) is 0 Å². The summed E-state index contributed by atoms with van der Waals surface area (Å²) in [5, 5.41) is 8.98. The second-order valence-electron chi connectivity index (χ2n) is 3.26. The summed E-state index contributed by atoms with van der Waals surface area (Å²) in [5.41, 5.74) is 2.68. The smallest absolute Gasteiger partial charge is 0.366 e. The Bertz CT molecular complexity index is 413. The maximum Gasteiger partial charge on any atom is 0.366 e. The quantitative estimate of drug-likeness (QED) is 0.562. The normalized spacial score (nSPS) is 34.8. The van der Waals surface area contributed by atoms with Gasteiger partial charge in [-0.25, -0.2) is 4.79 Å². The number of quaternary nitrogens is 1. The molecule has 1 saturated carbocycles. The SMILES string of the molecule is [2H]C1([2H])[C@H](c2ccccc2)[C@@]1([NH3+])C(=O)O.[Cl-]. The number of carboxylic acids is 1. The number of hydrogen-bond acceptors (Lipinski definition) is 1. The number of hydrogen-bond donors (Lipinski definition) is 2. The highest BCUT2D eigenvalue weighted by molar-refractivity contribution is 5.82. The van der Waals surface area contributed by atoms with Crippen molar-refractivity contribution in [2.45, 2.75) is 17.8 Å². The van der Waals surface area contributed by atoms with E-state index in [9.17, 15) is 4.79 Å². The van der Waals surface area contributed by atoms with Crippen molar-refractivity contribution in [3.05, 3.63) is 35.9 Å². The second-order valence-corrected chi connectivity index (χ2v) is 3.26. The molecule has 0 amide bonds. The minimum absolute atomic E-state index is 0. The third kappa shape index (κ3) is 1.61. The molecule has 0 aliphatic heterocycles. The highest BCUT2D eigenvalue weighted by Gasteiger charge is 2.62. The van der Waals surface area contributed by atoms with E-state index in [0.717, 1.165) is 0 Å². The van der Waals surface area contributed by atoms with Crippen LogP contribution < -0.4 is 18.1 Å². The van der Waals surface area contributed by atoms with Crippen molar-refractivity contribution in [1.29, 1.82) is 0 Å². The van der Waals surface area contributed by atoms with Crippen LogP contribution in [0.4, 0.5) is 0 Å². The number of carbonyl (C=O) groups is 1.